The molecule has 2 heteroatoms. The second-order valence-corrected chi connectivity index (χ2v) is 2.09. The van der Waals surface area contributed by atoms with Crippen LogP contribution in [0, 0.1) is 0 Å². The summed E-state index contributed by atoms with van der Waals surface area (Å²) in [6, 6.07) is 7.09. The smallest absolute Gasteiger partial charge is 0.115 e. The number of halogens is 1. The molecule has 0 unspecified atom stereocenters. The summed E-state index contributed by atoms with van der Waals surface area (Å²) in [5, 5.41) is 8.90. The molecule has 0 amide bonds. The van der Waals surface area contributed by atoms with Crippen molar-refractivity contribution in [3.05, 3.63) is 35.9 Å². The summed E-state index contributed by atoms with van der Waals surface area (Å²) in [7, 11) is 0. The molecule has 1 N–H and O–H groups in total. The quantitative estimate of drug-likeness (QED) is 0.687. The molecule has 0 heterocycles. The Labute approximate surface area is 72.8 Å². The lowest BCUT2D eigenvalue weighted by Crippen LogP contribution is -1.68. The van der Waals surface area contributed by atoms with Gasteiger partial charge in [0.25, 0.3) is 0 Å². The molecule has 11 heavy (non-hydrogen) atoms. The molecule has 0 atom stereocenters. The normalized spacial score (nSPS) is 9.55. The first kappa shape index (κ1) is 10.0. The molecule has 0 spiro atoms. The Morgan fingerprint density at radius 3 is 2.18 bits per heavy atom. The third kappa shape index (κ3) is 3.10. The molecule has 0 fully saturated rings. The van der Waals surface area contributed by atoms with Crippen molar-refractivity contribution in [2.45, 2.75) is 6.92 Å². The van der Waals surface area contributed by atoms with E-state index in [0.717, 1.165) is 5.56 Å². The minimum atomic E-state index is 0. The highest BCUT2D eigenvalue weighted by atomic mass is 35.5. The second kappa shape index (κ2) is 4.80. The average molecular weight is 171 g/mol. The van der Waals surface area contributed by atoms with Gasteiger partial charge in [-0.05, 0) is 24.6 Å². The van der Waals surface area contributed by atoms with Crippen LogP contribution in [-0.4, -0.2) is 5.11 Å². The van der Waals surface area contributed by atoms with E-state index in [2.05, 4.69) is 0 Å². The van der Waals surface area contributed by atoms with Crippen molar-refractivity contribution in [1.29, 1.82) is 0 Å². The fourth-order valence-corrected chi connectivity index (χ4v) is 0.778. The zero-order chi connectivity index (χ0) is 7.40. The topological polar surface area (TPSA) is 20.2 Å². The molecule has 0 aliphatic carbocycles. The van der Waals surface area contributed by atoms with Gasteiger partial charge in [0.2, 0.25) is 0 Å². The standard InChI is InChI=1S/C9H10O.ClH/c1-2-3-8-4-6-9(10)7-5-8;/h2-7,10H,1H3;1H. The molecule has 0 saturated heterocycles. The van der Waals surface area contributed by atoms with E-state index in [-0.39, 0.29) is 12.4 Å². The molecular weight excluding hydrogens is 160 g/mol. The van der Waals surface area contributed by atoms with Crippen molar-refractivity contribution in [2.24, 2.45) is 0 Å². The van der Waals surface area contributed by atoms with Crippen molar-refractivity contribution >= 4 is 18.5 Å². The Bertz CT molecular complexity index is 226. The van der Waals surface area contributed by atoms with Crippen LogP contribution in [-0.2, 0) is 0 Å². The first-order valence-corrected chi connectivity index (χ1v) is 3.24. The van der Waals surface area contributed by atoms with Crippen LogP contribution in [0.15, 0.2) is 30.3 Å². The van der Waals surface area contributed by atoms with Gasteiger partial charge in [0, 0.05) is 0 Å². The fraction of sp³-hybridized carbons (Fsp3) is 0.111. The highest BCUT2D eigenvalue weighted by Gasteiger charge is 1.85. The largest absolute Gasteiger partial charge is 0.508 e. The van der Waals surface area contributed by atoms with E-state index in [4.69, 9.17) is 5.11 Å². The summed E-state index contributed by atoms with van der Waals surface area (Å²) in [5.41, 5.74) is 1.11. The minimum absolute atomic E-state index is 0. The zero-order valence-electron chi connectivity index (χ0n) is 6.32. The van der Waals surface area contributed by atoms with Crippen LogP contribution >= 0.6 is 12.4 Å². The number of aromatic hydroxyl groups is 1. The Morgan fingerprint density at radius 2 is 1.73 bits per heavy atom. The van der Waals surface area contributed by atoms with E-state index >= 15 is 0 Å². The maximum absolute atomic E-state index is 8.90. The minimum Gasteiger partial charge on any atom is -0.508 e. The zero-order valence-corrected chi connectivity index (χ0v) is 7.14. The Morgan fingerprint density at radius 1 is 1.18 bits per heavy atom. The number of benzene rings is 1. The van der Waals surface area contributed by atoms with Gasteiger partial charge < -0.3 is 5.11 Å². The molecule has 0 aliphatic rings. The van der Waals surface area contributed by atoms with Gasteiger partial charge in [-0.1, -0.05) is 24.3 Å². The number of rotatable bonds is 1. The molecule has 0 bridgehead atoms. The number of hydrogen-bond donors (Lipinski definition) is 1. The summed E-state index contributed by atoms with van der Waals surface area (Å²) in [6.45, 7) is 1.97. The highest BCUT2D eigenvalue weighted by Crippen LogP contribution is 2.10. The SMILES string of the molecule is CC=Cc1ccc(O)cc1.Cl. The molecular formula is C9H11ClO. The third-order valence-electron chi connectivity index (χ3n) is 1.25. The van der Waals surface area contributed by atoms with E-state index < -0.39 is 0 Å². The molecule has 1 rings (SSSR count). The molecule has 1 aromatic carbocycles. The summed E-state index contributed by atoms with van der Waals surface area (Å²) < 4.78 is 0. The lowest BCUT2D eigenvalue weighted by molar-refractivity contribution is 0.475. The molecule has 0 radical (unpaired) electrons. The summed E-state index contributed by atoms with van der Waals surface area (Å²) in [6.07, 6.45) is 3.95. The first-order valence-electron chi connectivity index (χ1n) is 3.24. The molecule has 1 nitrogen and oxygen atoms in total. The van der Waals surface area contributed by atoms with Gasteiger partial charge >= 0.3 is 0 Å². The van der Waals surface area contributed by atoms with Crippen molar-refractivity contribution in [1.82, 2.24) is 0 Å². The van der Waals surface area contributed by atoms with E-state index in [1.54, 1.807) is 12.1 Å². The van der Waals surface area contributed by atoms with Crippen LogP contribution in [0.1, 0.15) is 12.5 Å². The lowest BCUT2D eigenvalue weighted by atomic mass is 10.2. The van der Waals surface area contributed by atoms with E-state index in [1.807, 2.05) is 31.2 Å². The molecule has 1 aromatic rings. The van der Waals surface area contributed by atoms with Gasteiger partial charge in [-0.15, -0.1) is 12.4 Å². The van der Waals surface area contributed by atoms with Crippen LogP contribution in [0.4, 0.5) is 0 Å². The monoisotopic (exact) mass is 170 g/mol. The van der Waals surface area contributed by atoms with Crippen LogP contribution < -0.4 is 0 Å². The number of phenols is 1. The van der Waals surface area contributed by atoms with Crippen LogP contribution in [0.2, 0.25) is 0 Å². The summed E-state index contributed by atoms with van der Waals surface area (Å²) in [5.74, 6) is 0.313. The first-order chi connectivity index (χ1) is 4.83. The second-order valence-electron chi connectivity index (χ2n) is 2.09. The van der Waals surface area contributed by atoms with Gasteiger partial charge in [0.1, 0.15) is 5.75 Å². The molecule has 0 aromatic heterocycles. The number of allylic oxidation sites excluding steroid dienone is 1. The maximum Gasteiger partial charge on any atom is 0.115 e. The molecule has 0 saturated carbocycles. The van der Waals surface area contributed by atoms with Gasteiger partial charge in [-0.2, -0.15) is 0 Å². The number of hydrogen-bond acceptors (Lipinski definition) is 1. The lowest BCUT2D eigenvalue weighted by Gasteiger charge is -1.91. The Balaban J connectivity index is 0.000001000. The predicted octanol–water partition coefficient (Wildman–Crippen LogP) is 2.85. The van der Waals surface area contributed by atoms with Crippen molar-refractivity contribution in [2.75, 3.05) is 0 Å². The Hall–Kier alpha value is -0.950. The van der Waals surface area contributed by atoms with Crippen LogP contribution in [0.3, 0.4) is 0 Å². The van der Waals surface area contributed by atoms with Gasteiger partial charge in [0.15, 0.2) is 0 Å². The molecule has 60 valence electrons. The van der Waals surface area contributed by atoms with Gasteiger partial charge in [-0.25, -0.2) is 0 Å². The van der Waals surface area contributed by atoms with Gasteiger partial charge in [0.05, 0.1) is 0 Å². The Kier molecular flexibility index (Phi) is 4.39. The van der Waals surface area contributed by atoms with Crippen LogP contribution in [0.5, 0.6) is 5.75 Å². The highest BCUT2D eigenvalue weighted by molar-refractivity contribution is 5.85. The van der Waals surface area contributed by atoms with Gasteiger partial charge in [-0.3, -0.25) is 0 Å². The molecule has 0 aliphatic heterocycles. The van der Waals surface area contributed by atoms with E-state index in [9.17, 15) is 0 Å². The number of phenolic OH excluding ortho intramolecular Hbond substituents is 1. The third-order valence-corrected chi connectivity index (χ3v) is 1.25. The van der Waals surface area contributed by atoms with Crippen molar-refractivity contribution in [3.8, 4) is 5.75 Å². The van der Waals surface area contributed by atoms with E-state index in [0.29, 0.717) is 5.75 Å². The average Bonchev–Trinajstić information content (AvgIpc) is 1.95. The summed E-state index contributed by atoms with van der Waals surface area (Å²) >= 11 is 0. The predicted molar refractivity (Wildman–Crippen MR) is 50.1 cm³/mol. The maximum atomic E-state index is 8.90. The van der Waals surface area contributed by atoms with Crippen molar-refractivity contribution < 1.29 is 5.11 Å². The summed E-state index contributed by atoms with van der Waals surface area (Å²) in [4.78, 5) is 0. The fourth-order valence-electron chi connectivity index (χ4n) is 0.778. The van der Waals surface area contributed by atoms with Crippen molar-refractivity contribution in [3.63, 3.8) is 0 Å². The van der Waals surface area contributed by atoms with E-state index in [1.165, 1.54) is 0 Å². The van der Waals surface area contributed by atoms with Crippen LogP contribution in [0.25, 0.3) is 6.08 Å².